The molecule has 0 unspecified atom stereocenters. The van der Waals surface area contributed by atoms with Gasteiger partial charge in [0.1, 0.15) is 0 Å². The minimum absolute atomic E-state index is 0.209. The quantitative estimate of drug-likeness (QED) is 0.776. The second-order valence-electron chi connectivity index (χ2n) is 6.45. The molecule has 2 aliphatic heterocycles. The van der Waals surface area contributed by atoms with Gasteiger partial charge in [0.25, 0.3) is 0 Å². The minimum Gasteiger partial charge on any atom is -0.374 e. The highest BCUT2D eigenvalue weighted by atomic mass is 32.2. The van der Waals surface area contributed by atoms with Gasteiger partial charge in [-0.15, -0.1) is 0 Å². The summed E-state index contributed by atoms with van der Waals surface area (Å²) in [5.74, 6) is 2.49. The average Bonchev–Trinajstić information content (AvgIpc) is 2.76. The lowest BCUT2D eigenvalue weighted by atomic mass is 9.89. The first-order chi connectivity index (χ1) is 9.10. The molecule has 2 rings (SSSR count). The molecule has 2 saturated heterocycles. The highest BCUT2D eigenvalue weighted by Gasteiger charge is 2.40. The van der Waals surface area contributed by atoms with Crippen molar-refractivity contribution in [3.63, 3.8) is 0 Å². The number of hydrogen-bond acceptors (Lipinski definition) is 3. The minimum atomic E-state index is 0.209. The molecule has 1 spiro atoms. The third-order valence-corrected chi connectivity index (χ3v) is 5.46. The van der Waals surface area contributed by atoms with Crippen molar-refractivity contribution in [2.24, 2.45) is 0 Å². The van der Waals surface area contributed by atoms with Crippen LogP contribution < -0.4 is 5.32 Å². The lowest BCUT2D eigenvalue weighted by Gasteiger charge is -2.39. The summed E-state index contributed by atoms with van der Waals surface area (Å²) >= 11 is 2.06. The Labute approximate surface area is 122 Å². The number of ether oxygens (including phenoxy) is 1. The normalized spacial score (nSPS) is 32.5. The third kappa shape index (κ3) is 4.80. The number of hydrogen-bond donors (Lipinski definition) is 1. The van der Waals surface area contributed by atoms with E-state index in [4.69, 9.17) is 4.74 Å². The number of nitrogens with one attached hydrogen (secondary N) is 1. The van der Waals surface area contributed by atoms with Crippen molar-refractivity contribution in [2.75, 3.05) is 18.1 Å². The van der Waals surface area contributed by atoms with Crippen LogP contribution in [0.2, 0.25) is 0 Å². The fraction of sp³-hybridized carbons (Fsp3) is 0.875. The van der Waals surface area contributed by atoms with E-state index in [0.717, 1.165) is 6.61 Å². The second kappa shape index (κ2) is 7.14. The molecule has 0 aromatic heterocycles. The first-order valence-corrected chi connectivity index (χ1v) is 8.86. The molecule has 0 aromatic carbocycles. The van der Waals surface area contributed by atoms with E-state index in [2.05, 4.69) is 43.9 Å². The Bertz CT molecular complexity index is 306. The summed E-state index contributed by atoms with van der Waals surface area (Å²) in [5, 5.41) is 3.83. The Morgan fingerprint density at radius 3 is 3.05 bits per heavy atom. The predicted molar refractivity (Wildman–Crippen MR) is 84.9 cm³/mol. The standard InChI is InChI=1S/C16H29NOS/c1-13(2)5-4-6-14(3)17-15-7-9-18-16(11-15)8-10-19-12-16/h5,14-15,17H,4,6-12H2,1-3H3/t14-,15+,16+/m0/s1. The van der Waals surface area contributed by atoms with Crippen LogP contribution in [-0.4, -0.2) is 35.8 Å². The van der Waals surface area contributed by atoms with E-state index in [-0.39, 0.29) is 5.60 Å². The van der Waals surface area contributed by atoms with Crippen molar-refractivity contribution < 1.29 is 4.74 Å². The summed E-state index contributed by atoms with van der Waals surface area (Å²) < 4.78 is 6.08. The van der Waals surface area contributed by atoms with Crippen LogP contribution in [0.3, 0.4) is 0 Å². The molecule has 3 atom stereocenters. The topological polar surface area (TPSA) is 21.3 Å². The fourth-order valence-electron chi connectivity index (χ4n) is 3.14. The average molecular weight is 283 g/mol. The summed E-state index contributed by atoms with van der Waals surface area (Å²) in [6.07, 6.45) is 8.43. The Morgan fingerprint density at radius 2 is 2.37 bits per heavy atom. The van der Waals surface area contributed by atoms with Crippen LogP contribution in [0.25, 0.3) is 0 Å². The van der Waals surface area contributed by atoms with E-state index in [1.165, 1.54) is 49.2 Å². The number of allylic oxidation sites excluding steroid dienone is 2. The maximum Gasteiger partial charge on any atom is 0.0795 e. The molecular weight excluding hydrogens is 254 g/mol. The van der Waals surface area contributed by atoms with E-state index in [0.29, 0.717) is 12.1 Å². The summed E-state index contributed by atoms with van der Waals surface area (Å²) in [5.41, 5.74) is 1.64. The zero-order valence-electron chi connectivity index (χ0n) is 12.7. The van der Waals surface area contributed by atoms with Gasteiger partial charge in [-0.25, -0.2) is 0 Å². The van der Waals surface area contributed by atoms with Crippen LogP contribution >= 0.6 is 11.8 Å². The third-order valence-electron chi connectivity index (χ3n) is 4.23. The van der Waals surface area contributed by atoms with Gasteiger partial charge in [-0.1, -0.05) is 11.6 Å². The lowest BCUT2D eigenvalue weighted by molar-refractivity contribution is -0.0711. The van der Waals surface area contributed by atoms with Gasteiger partial charge in [-0.05, 0) is 58.6 Å². The Balaban J connectivity index is 1.74. The summed E-state index contributed by atoms with van der Waals surface area (Å²) in [6.45, 7) is 7.62. The zero-order chi connectivity index (χ0) is 13.7. The molecule has 2 fully saturated rings. The van der Waals surface area contributed by atoms with E-state index in [9.17, 15) is 0 Å². The Hall–Kier alpha value is 0.0100. The van der Waals surface area contributed by atoms with Crippen molar-refractivity contribution in [3.05, 3.63) is 11.6 Å². The Morgan fingerprint density at radius 1 is 1.53 bits per heavy atom. The molecule has 0 radical (unpaired) electrons. The van der Waals surface area contributed by atoms with Gasteiger partial charge >= 0.3 is 0 Å². The molecule has 110 valence electrons. The predicted octanol–water partition coefficient (Wildman–Crippen LogP) is 3.77. The van der Waals surface area contributed by atoms with E-state index < -0.39 is 0 Å². The SMILES string of the molecule is CC(C)=CCC[C@H](C)N[C@@H]1CCO[C@]2(CCSC2)C1. The second-order valence-corrected chi connectivity index (χ2v) is 7.56. The maximum absolute atomic E-state index is 6.08. The molecule has 2 heterocycles. The molecule has 0 aliphatic carbocycles. The summed E-state index contributed by atoms with van der Waals surface area (Å²) in [6, 6.07) is 1.28. The lowest BCUT2D eigenvalue weighted by Crippen LogP contribution is -2.49. The molecule has 1 N–H and O–H groups in total. The van der Waals surface area contributed by atoms with Gasteiger partial charge in [0.2, 0.25) is 0 Å². The molecule has 0 amide bonds. The highest BCUT2D eigenvalue weighted by molar-refractivity contribution is 7.99. The number of rotatable bonds is 5. The monoisotopic (exact) mass is 283 g/mol. The van der Waals surface area contributed by atoms with Crippen LogP contribution in [0.4, 0.5) is 0 Å². The maximum atomic E-state index is 6.08. The highest BCUT2D eigenvalue weighted by Crippen LogP contribution is 2.38. The molecule has 2 nitrogen and oxygen atoms in total. The number of thioether (sulfide) groups is 1. The molecule has 0 bridgehead atoms. The molecule has 0 saturated carbocycles. The van der Waals surface area contributed by atoms with Crippen LogP contribution in [0.15, 0.2) is 11.6 Å². The van der Waals surface area contributed by atoms with Crippen molar-refractivity contribution in [1.29, 1.82) is 0 Å². The Kier molecular flexibility index (Phi) is 5.79. The van der Waals surface area contributed by atoms with Crippen molar-refractivity contribution >= 4 is 11.8 Å². The van der Waals surface area contributed by atoms with Crippen LogP contribution in [0.1, 0.15) is 52.9 Å². The zero-order valence-corrected chi connectivity index (χ0v) is 13.5. The first-order valence-electron chi connectivity index (χ1n) is 7.71. The van der Waals surface area contributed by atoms with Gasteiger partial charge in [-0.2, -0.15) is 11.8 Å². The van der Waals surface area contributed by atoms with Crippen molar-refractivity contribution in [1.82, 2.24) is 5.32 Å². The smallest absolute Gasteiger partial charge is 0.0795 e. The van der Waals surface area contributed by atoms with Gasteiger partial charge in [0, 0.05) is 24.4 Å². The first kappa shape index (κ1) is 15.4. The fourth-order valence-corrected chi connectivity index (χ4v) is 4.52. The summed E-state index contributed by atoms with van der Waals surface area (Å²) in [4.78, 5) is 0. The van der Waals surface area contributed by atoms with E-state index in [1.54, 1.807) is 0 Å². The molecule has 19 heavy (non-hydrogen) atoms. The van der Waals surface area contributed by atoms with Crippen LogP contribution in [0, 0.1) is 0 Å². The van der Waals surface area contributed by atoms with Gasteiger partial charge < -0.3 is 10.1 Å². The molecule has 3 heteroatoms. The van der Waals surface area contributed by atoms with Gasteiger partial charge in [0.05, 0.1) is 5.60 Å². The van der Waals surface area contributed by atoms with Crippen LogP contribution in [0.5, 0.6) is 0 Å². The molecule has 2 aliphatic rings. The van der Waals surface area contributed by atoms with Gasteiger partial charge in [0.15, 0.2) is 0 Å². The molecular formula is C16H29NOS. The summed E-state index contributed by atoms with van der Waals surface area (Å²) in [7, 11) is 0. The van der Waals surface area contributed by atoms with Crippen LogP contribution in [-0.2, 0) is 4.74 Å². The van der Waals surface area contributed by atoms with Crippen molar-refractivity contribution in [2.45, 2.75) is 70.6 Å². The van der Waals surface area contributed by atoms with Crippen molar-refractivity contribution in [3.8, 4) is 0 Å². The molecule has 0 aromatic rings. The van der Waals surface area contributed by atoms with Gasteiger partial charge in [-0.3, -0.25) is 0 Å². The van der Waals surface area contributed by atoms with E-state index >= 15 is 0 Å². The largest absolute Gasteiger partial charge is 0.374 e. The van der Waals surface area contributed by atoms with E-state index in [1.807, 2.05) is 0 Å².